The highest BCUT2D eigenvalue weighted by Crippen LogP contribution is 2.48. The smallest absolute Gasteiger partial charge is 0.311 e. The van der Waals surface area contributed by atoms with E-state index in [1.807, 2.05) is 34.6 Å². The van der Waals surface area contributed by atoms with Crippen molar-refractivity contribution in [2.45, 2.75) is 161 Å². The Labute approximate surface area is 348 Å². The van der Waals surface area contributed by atoms with E-state index in [0.717, 1.165) is 18.2 Å². The summed E-state index contributed by atoms with van der Waals surface area (Å²) in [6, 6.07) is 3.01. The SMILES string of the molecule is CCCCC(=O)OC[C@H]1O[C@@H](c2c(O)cc3oc4cc(O)c(O)cc4c(=O)c3c2OC(=O)CCCC)[C@H](OC(=O)CCCC)[C@@H](OC(=O)CCCC)[C@@H]1OC(=O)CCCC. The summed E-state index contributed by atoms with van der Waals surface area (Å²) < 4.78 is 42.1. The van der Waals surface area contributed by atoms with E-state index in [9.17, 15) is 44.1 Å². The molecule has 16 nitrogen and oxygen atoms in total. The largest absolute Gasteiger partial charge is 0.507 e. The summed E-state index contributed by atoms with van der Waals surface area (Å²) in [7, 11) is 0. The van der Waals surface area contributed by atoms with Gasteiger partial charge in [0.2, 0.25) is 5.43 Å². The fourth-order valence-electron chi connectivity index (χ4n) is 6.72. The van der Waals surface area contributed by atoms with Crippen LogP contribution in [-0.4, -0.2) is 76.2 Å². The maximum absolute atomic E-state index is 14.4. The molecule has 0 unspecified atom stereocenters. The van der Waals surface area contributed by atoms with Crippen LogP contribution in [0.15, 0.2) is 27.4 Å². The van der Waals surface area contributed by atoms with Crippen molar-refractivity contribution in [2.75, 3.05) is 6.61 Å². The van der Waals surface area contributed by atoms with E-state index < -0.39 is 106 Å². The fraction of sp³-hybridized carbons (Fsp3) is 0.591. The molecule has 0 spiro atoms. The second-order valence-electron chi connectivity index (χ2n) is 14.9. The standard InChI is InChI=1S/C44H58O16/c1-6-11-16-32(48)54-24-31-40(57-33(49)17-12-7-2)43(59-35(51)19-14-9-4)44(60-36(52)20-15-10-5)42(56-31)37-28(47)23-30-38(41(37)58-34(50)18-13-8-3)39(53)25-21-26(45)27(46)22-29(25)55-30/h21-23,31,40,42-47H,6-20,24H2,1-5H3/t31-,40-,42+,43+,44+/m1/s1. The third-order valence-electron chi connectivity index (χ3n) is 10.0. The van der Waals surface area contributed by atoms with Gasteiger partial charge >= 0.3 is 29.8 Å². The van der Waals surface area contributed by atoms with Gasteiger partial charge in [-0.2, -0.15) is 0 Å². The molecular weight excluding hydrogens is 784 g/mol. The molecular formula is C44H58O16. The van der Waals surface area contributed by atoms with Gasteiger partial charge in [0.05, 0.1) is 10.9 Å². The molecule has 0 radical (unpaired) electrons. The van der Waals surface area contributed by atoms with E-state index in [4.69, 9.17) is 32.8 Å². The van der Waals surface area contributed by atoms with Gasteiger partial charge in [0.1, 0.15) is 41.1 Å². The summed E-state index contributed by atoms with van der Waals surface area (Å²) in [6.07, 6.45) is -2.97. The van der Waals surface area contributed by atoms with Crippen LogP contribution < -0.4 is 10.2 Å². The summed E-state index contributed by atoms with van der Waals surface area (Å²) in [6.45, 7) is 8.79. The molecule has 4 rings (SSSR count). The van der Waals surface area contributed by atoms with E-state index in [-0.39, 0.29) is 48.7 Å². The van der Waals surface area contributed by atoms with Crippen molar-refractivity contribution in [3.63, 3.8) is 0 Å². The highest BCUT2D eigenvalue weighted by atomic mass is 16.7. The highest BCUT2D eigenvalue weighted by Gasteiger charge is 2.54. The zero-order valence-corrected chi connectivity index (χ0v) is 35.1. The zero-order valence-electron chi connectivity index (χ0n) is 35.1. The Morgan fingerprint density at radius 3 is 1.60 bits per heavy atom. The number of benzene rings is 2. The number of ether oxygens (including phenoxy) is 6. The van der Waals surface area contributed by atoms with Crippen LogP contribution in [0.1, 0.15) is 143 Å². The monoisotopic (exact) mass is 842 g/mol. The van der Waals surface area contributed by atoms with Crippen LogP contribution in [0.2, 0.25) is 0 Å². The van der Waals surface area contributed by atoms with Crippen LogP contribution in [0, 0.1) is 0 Å². The molecule has 2 heterocycles. The van der Waals surface area contributed by atoms with Crippen molar-refractivity contribution in [1.29, 1.82) is 0 Å². The number of esters is 5. The predicted molar refractivity (Wildman–Crippen MR) is 216 cm³/mol. The topological polar surface area (TPSA) is 232 Å². The minimum atomic E-state index is -1.74. The summed E-state index contributed by atoms with van der Waals surface area (Å²) in [5.74, 6) is -6.11. The van der Waals surface area contributed by atoms with Crippen molar-refractivity contribution < 1.29 is 72.1 Å². The number of fused-ring (bicyclic) bond motifs is 2. The van der Waals surface area contributed by atoms with Gasteiger partial charge in [-0.25, -0.2) is 0 Å². The first kappa shape index (κ1) is 47.3. The third kappa shape index (κ3) is 12.1. The lowest BCUT2D eigenvalue weighted by Gasteiger charge is -2.45. The van der Waals surface area contributed by atoms with Crippen LogP contribution in [0.25, 0.3) is 21.9 Å². The lowest BCUT2D eigenvalue weighted by molar-refractivity contribution is -0.256. The molecule has 0 aliphatic carbocycles. The Kier molecular flexibility index (Phi) is 18.0. The van der Waals surface area contributed by atoms with Gasteiger partial charge in [-0.3, -0.25) is 28.8 Å². The molecule has 16 heteroatoms. The third-order valence-corrected chi connectivity index (χ3v) is 10.0. The number of unbranched alkanes of at least 4 members (excludes halogenated alkanes) is 5. The van der Waals surface area contributed by atoms with Gasteiger partial charge in [-0.15, -0.1) is 0 Å². The Morgan fingerprint density at radius 2 is 1.05 bits per heavy atom. The summed E-state index contributed by atoms with van der Waals surface area (Å²) in [5, 5.41) is 31.8. The van der Waals surface area contributed by atoms with Crippen molar-refractivity contribution in [3.05, 3.63) is 34.0 Å². The quantitative estimate of drug-likeness (QED) is 0.0290. The maximum Gasteiger partial charge on any atom is 0.311 e. The second-order valence-corrected chi connectivity index (χ2v) is 14.9. The molecule has 0 saturated carbocycles. The molecule has 1 aliphatic rings. The molecule has 3 N–H and O–H groups in total. The molecule has 1 saturated heterocycles. The average Bonchev–Trinajstić information content (AvgIpc) is 3.21. The number of carbonyl (C=O) groups excluding carboxylic acids is 5. The van der Waals surface area contributed by atoms with Crippen LogP contribution in [-0.2, 0) is 47.7 Å². The van der Waals surface area contributed by atoms with Gasteiger partial charge < -0.3 is 48.2 Å². The first-order valence-corrected chi connectivity index (χ1v) is 21.1. The van der Waals surface area contributed by atoms with Crippen molar-refractivity contribution >= 4 is 51.8 Å². The Bertz CT molecular complexity index is 2040. The lowest BCUT2D eigenvalue weighted by atomic mass is 9.88. The maximum atomic E-state index is 14.4. The van der Waals surface area contributed by atoms with Crippen molar-refractivity contribution in [3.8, 4) is 23.0 Å². The second kappa shape index (κ2) is 22.8. The molecule has 1 aliphatic heterocycles. The summed E-state index contributed by atoms with van der Waals surface area (Å²) in [5.41, 5.74) is -1.72. The van der Waals surface area contributed by atoms with Gasteiger partial charge in [-0.1, -0.05) is 66.7 Å². The molecule has 330 valence electrons. The lowest BCUT2D eigenvalue weighted by Crippen LogP contribution is -2.60. The molecule has 1 aromatic heterocycles. The van der Waals surface area contributed by atoms with E-state index in [1.54, 1.807) is 0 Å². The van der Waals surface area contributed by atoms with Gasteiger partial charge in [0.25, 0.3) is 0 Å². The van der Waals surface area contributed by atoms with E-state index >= 15 is 0 Å². The summed E-state index contributed by atoms with van der Waals surface area (Å²) in [4.78, 5) is 81.2. The van der Waals surface area contributed by atoms with Crippen LogP contribution in [0.3, 0.4) is 0 Å². The fourth-order valence-corrected chi connectivity index (χ4v) is 6.72. The first-order chi connectivity index (χ1) is 28.8. The zero-order chi connectivity index (χ0) is 43.9. The average molecular weight is 843 g/mol. The van der Waals surface area contributed by atoms with Gasteiger partial charge in [0.15, 0.2) is 35.6 Å². The van der Waals surface area contributed by atoms with Gasteiger partial charge in [0, 0.05) is 44.2 Å². The highest BCUT2D eigenvalue weighted by molar-refractivity contribution is 5.97. The molecule has 3 aromatic rings. The molecule has 5 atom stereocenters. The number of rotatable bonds is 22. The van der Waals surface area contributed by atoms with Crippen LogP contribution in [0.5, 0.6) is 23.0 Å². The number of phenolic OH excluding ortho intramolecular Hbond substituents is 3. The summed E-state index contributed by atoms with van der Waals surface area (Å²) >= 11 is 0. The molecule has 2 aromatic carbocycles. The van der Waals surface area contributed by atoms with E-state index in [0.29, 0.717) is 64.2 Å². The first-order valence-electron chi connectivity index (χ1n) is 21.1. The molecule has 0 amide bonds. The predicted octanol–water partition coefficient (Wildman–Crippen LogP) is 7.64. The van der Waals surface area contributed by atoms with E-state index in [2.05, 4.69) is 0 Å². The number of carbonyl (C=O) groups is 5. The minimum Gasteiger partial charge on any atom is -0.507 e. The Hall–Kier alpha value is -5.38. The van der Waals surface area contributed by atoms with E-state index in [1.165, 1.54) is 0 Å². The number of hydrogen-bond acceptors (Lipinski definition) is 16. The Morgan fingerprint density at radius 1 is 0.583 bits per heavy atom. The van der Waals surface area contributed by atoms with Crippen molar-refractivity contribution in [1.82, 2.24) is 0 Å². The molecule has 1 fully saturated rings. The molecule has 0 bridgehead atoms. The van der Waals surface area contributed by atoms with Crippen LogP contribution >= 0.6 is 0 Å². The number of phenols is 3. The Balaban J connectivity index is 2.06. The number of hydrogen-bond donors (Lipinski definition) is 3. The minimum absolute atomic E-state index is 0.0305. The van der Waals surface area contributed by atoms with Gasteiger partial charge in [-0.05, 0) is 38.2 Å². The number of aromatic hydroxyl groups is 3. The van der Waals surface area contributed by atoms with Crippen molar-refractivity contribution in [2.24, 2.45) is 0 Å². The molecule has 60 heavy (non-hydrogen) atoms. The normalized spacial score (nSPS) is 18.9. The van der Waals surface area contributed by atoms with Crippen LogP contribution in [0.4, 0.5) is 0 Å².